The van der Waals surface area contributed by atoms with Crippen LogP contribution in [0.5, 0.6) is 0 Å². The van der Waals surface area contributed by atoms with Crippen molar-refractivity contribution in [2.45, 2.75) is 13.8 Å². The summed E-state index contributed by atoms with van der Waals surface area (Å²) in [7, 11) is 0. The van der Waals surface area contributed by atoms with Crippen molar-refractivity contribution in [3.63, 3.8) is 0 Å². The number of nitro groups is 1. The van der Waals surface area contributed by atoms with Gasteiger partial charge in [0.05, 0.1) is 4.92 Å². The van der Waals surface area contributed by atoms with Crippen molar-refractivity contribution >= 4 is 29.2 Å². The summed E-state index contributed by atoms with van der Waals surface area (Å²) >= 11 is 0. The van der Waals surface area contributed by atoms with E-state index >= 15 is 0 Å². The minimum atomic E-state index is -0.810. The van der Waals surface area contributed by atoms with Crippen LogP contribution < -0.4 is 10.6 Å². The Morgan fingerprint density at radius 2 is 1.82 bits per heavy atom. The molecule has 9 heteroatoms. The largest absolute Gasteiger partial charge is 0.454 e. The van der Waals surface area contributed by atoms with E-state index in [1.807, 2.05) is 0 Å². The number of carbonyl (C=O) groups is 3. The third-order valence-corrected chi connectivity index (χ3v) is 3.77. The van der Waals surface area contributed by atoms with Crippen LogP contribution in [0.15, 0.2) is 42.5 Å². The monoisotopic (exact) mass is 385 g/mol. The highest BCUT2D eigenvalue weighted by molar-refractivity contribution is 5.98. The van der Waals surface area contributed by atoms with Gasteiger partial charge < -0.3 is 15.4 Å². The van der Waals surface area contributed by atoms with Gasteiger partial charge in [-0.15, -0.1) is 0 Å². The molecule has 0 aliphatic rings. The molecule has 0 aromatic heterocycles. The normalized spacial score (nSPS) is 10.1. The maximum atomic E-state index is 12.0. The van der Waals surface area contributed by atoms with Crippen molar-refractivity contribution < 1.29 is 24.0 Å². The van der Waals surface area contributed by atoms with Crippen molar-refractivity contribution in [2.24, 2.45) is 0 Å². The molecule has 0 bridgehead atoms. The molecule has 0 saturated carbocycles. The van der Waals surface area contributed by atoms with Gasteiger partial charge in [-0.25, -0.2) is 0 Å². The van der Waals surface area contributed by atoms with Gasteiger partial charge in [0.1, 0.15) is 12.2 Å². The molecule has 2 aromatic carbocycles. The minimum absolute atomic E-state index is 0.00417. The second-order valence-corrected chi connectivity index (χ2v) is 5.98. The minimum Gasteiger partial charge on any atom is -0.454 e. The lowest BCUT2D eigenvalue weighted by Gasteiger charge is -2.09. The standard InChI is InChI=1S/C19H19N3O6/c1-12-7-8-15(16(9-12)22(26)27)21-17(23)11-28-18(24)10-20-19(25)14-6-4-3-5-13(14)2/h3-9H,10-11H2,1-2H3,(H,20,25)(H,21,23). The molecule has 0 saturated heterocycles. The molecule has 2 amide bonds. The van der Waals surface area contributed by atoms with E-state index in [1.165, 1.54) is 12.1 Å². The Balaban J connectivity index is 1.83. The van der Waals surface area contributed by atoms with Crippen LogP contribution in [0.25, 0.3) is 0 Å². The molecule has 0 aliphatic heterocycles. The number of nitro benzene ring substituents is 1. The summed E-state index contributed by atoms with van der Waals surface area (Å²) < 4.78 is 4.78. The lowest BCUT2D eigenvalue weighted by atomic mass is 10.1. The van der Waals surface area contributed by atoms with Crippen molar-refractivity contribution in [1.29, 1.82) is 0 Å². The molecule has 0 radical (unpaired) electrons. The maximum Gasteiger partial charge on any atom is 0.325 e. The van der Waals surface area contributed by atoms with Crippen LogP contribution >= 0.6 is 0 Å². The van der Waals surface area contributed by atoms with Gasteiger partial charge in [-0.1, -0.05) is 24.3 Å². The van der Waals surface area contributed by atoms with Gasteiger partial charge in [-0.2, -0.15) is 0 Å². The average Bonchev–Trinajstić information content (AvgIpc) is 2.66. The number of nitrogens with one attached hydrogen (secondary N) is 2. The maximum absolute atomic E-state index is 12.0. The van der Waals surface area contributed by atoms with Crippen LogP contribution in [0.3, 0.4) is 0 Å². The quantitative estimate of drug-likeness (QED) is 0.427. The average molecular weight is 385 g/mol. The molecule has 0 spiro atoms. The summed E-state index contributed by atoms with van der Waals surface area (Å²) in [6, 6.07) is 11.2. The topological polar surface area (TPSA) is 128 Å². The SMILES string of the molecule is Cc1ccc(NC(=O)COC(=O)CNC(=O)c2ccccc2C)c([N+](=O)[O-])c1. The second-order valence-electron chi connectivity index (χ2n) is 5.98. The Morgan fingerprint density at radius 1 is 1.11 bits per heavy atom. The highest BCUT2D eigenvalue weighted by atomic mass is 16.6. The fourth-order valence-electron chi connectivity index (χ4n) is 2.36. The predicted octanol–water partition coefficient (Wildman–Crippen LogP) is 2.12. The van der Waals surface area contributed by atoms with Crippen LogP contribution in [0.2, 0.25) is 0 Å². The number of hydrogen-bond donors (Lipinski definition) is 2. The first-order valence-corrected chi connectivity index (χ1v) is 8.32. The first kappa shape index (κ1) is 20.6. The van der Waals surface area contributed by atoms with Gasteiger partial charge in [0.2, 0.25) is 0 Å². The Morgan fingerprint density at radius 3 is 2.50 bits per heavy atom. The van der Waals surface area contributed by atoms with E-state index in [-0.39, 0.29) is 11.4 Å². The zero-order valence-corrected chi connectivity index (χ0v) is 15.4. The van der Waals surface area contributed by atoms with Crippen molar-refractivity contribution in [3.8, 4) is 0 Å². The first-order valence-electron chi connectivity index (χ1n) is 8.32. The second kappa shape index (κ2) is 9.26. The van der Waals surface area contributed by atoms with E-state index in [0.717, 1.165) is 5.56 Å². The molecule has 0 unspecified atom stereocenters. The van der Waals surface area contributed by atoms with Crippen molar-refractivity contribution in [3.05, 3.63) is 69.3 Å². The number of anilines is 1. The van der Waals surface area contributed by atoms with E-state index in [2.05, 4.69) is 10.6 Å². The number of benzene rings is 2. The molecule has 2 rings (SSSR count). The van der Waals surface area contributed by atoms with Crippen molar-refractivity contribution in [1.82, 2.24) is 5.32 Å². The number of rotatable bonds is 7. The molecular formula is C19H19N3O6. The van der Waals surface area contributed by atoms with Crippen LogP contribution in [0, 0.1) is 24.0 Å². The lowest BCUT2D eigenvalue weighted by molar-refractivity contribution is -0.384. The van der Waals surface area contributed by atoms with Gasteiger partial charge in [0.15, 0.2) is 6.61 Å². The van der Waals surface area contributed by atoms with Gasteiger partial charge in [0.25, 0.3) is 17.5 Å². The van der Waals surface area contributed by atoms with Crippen LogP contribution in [0.1, 0.15) is 21.5 Å². The smallest absolute Gasteiger partial charge is 0.325 e. The zero-order valence-electron chi connectivity index (χ0n) is 15.4. The number of esters is 1. The van der Waals surface area contributed by atoms with Gasteiger partial charge in [0, 0.05) is 11.6 Å². The van der Waals surface area contributed by atoms with E-state index in [1.54, 1.807) is 44.2 Å². The number of amides is 2. The highest BCUT2D eigenvalue weighted by Crippen LogP contribution is 2.25. The first-order chi connectivity index (χ1) is 13.3. The molecule has 28 heavy (non-hydrogen) atoms. The summed E-state index contributed by atoms with van der Waals surface area (Å²) in [6.45, 7) is 2.41. The third kappa shape index (κ3) is 5.63. The van der Waals surface area contributed by atoms with Crippen LogP contribution in [-0.4, -0.2) is 35.9 Å². The van der Waals surface area contributed by atoms with Crippen LogP contribution in [0.4, 0.5) is 11.4 Å². The molecule has 0 aliphatic carbocycles. The Labute approximate surface area is 160 Å². The molecule has 2 N–H and O–H groups in total. The summed E-state index contributed by atoms with van der Waals surface area (Å²) in [6.07, 6.45) is 0. The third-order valence-electron chi connectivity index (χ3n) is 3.77. The van der Waals surface area contributed by atoms with E-state index in [9.17, 15) is 24.5 Å². The van der Waals surface area contributed by atoms with Gasteiger partial charge in [-0.3, -0.25) is 24.5 Å². The van der Waals surface area contributed by atoms with Crippen molar-refractivity contribution in [2.75, 3.05) is 18.5 Å². The number of hydrogen-bond acceptors (Lipinski definition) is 6. The number of carbonyl (C=O) groups excluding carboxylic acids is 3. The Hall–Kier alpha value is -3.75. The predicted molar refractivity (Wildman–Crippen MR) is 101 cm³/mol. The number of ether oxygens (including phenoxy) is 1. The summed E-state index contributed by atoms with van der Waals surface area (Å²) in [5, 5.41) is 15.8. The van der Waals surface area contributed by atoms with Gasteiger partial charge >= 0.3 is 5.97 Å². The fraction of sp³-hybridized carbons (Fsp3) is 0.211. The zero-order chi connectivity index (χ0) is 20.7. The summed E-state index contributed by atoms with van der Waals surface area (Å²) in [4.78, 5) is 46.0. The van der Waals surface area contributed by atoms with Crippen LogP contribution in [-0.2, 0) is 14.3 Å². The molecule has 146 valence electrons. The molecule has 9 nitrogen and oxygen atoms in total. The Bertz CT molecular complexity index is 926. The molecule has 0 fully saturated rings. The molecular weight excluding hydrogens is 366 g/mol. The van der Waals surface area contributed by atoms with E-state index < -0.39 is 35.9 Å². The molecule has 2 aromatic rings. The Kier molecular flexibility index (Phi) is 6.80. The highest BCUT2D eigenvalue weighted by Gasteiger charge is 2.17. The van der Waals surface area contributed by atoms with Gasteiger partial charge in [-0.05, 0) is 37.1 Å². The number of aryl methyl sites for hydroxylation is 2. The van der Waals surface area contributed by atoms with E-state index in [0.29, 0.717) is 11.1 Å². The lowest BCUT2D eigenvalue weighted by Crippen LogP contribution is -2.32. The van der Waals surface area contributed by atoms with E-state index in [4.69, 9.17) is 4.74 Å². The molecule has 0 heterocycles. The fourth-order valence-corrected chi connectivity index (χ4v) is 2.36. The summed E-state index contributed by atoms with van der Waals surface area (Å²) in [5.41, 5.74) is 1.60. The molecule has 0 atom stereocenters. The summed E-state index contributed by atoms with van der Waals surface area (Å²) in [5.74, 6) is -1.98. The number of nitrogens with zero attached hydrogens (tertiary/aromatic N) is 1.